The number of unbranched alkanes of at least 4 members (excludes halogenated alkanes) is 2. The van der Waals surface area contributed by atoms with Crippen LogP contribution in [0.3, 0.4) is 0 Å². The summed E-state index contributed by atoms with van der Waals surface area (Å²) in [5.74, 6) is 1.14. The van der Waals surface area contributed by atoms with Crippen molar-refractivity contribution in [3.05, 3.63) is 35.9 Å². The van der Waals surface area contributed by atoms with Crippen LogP contribution in [0, 0.1) is 0 Å². The van der Waals surface area contributed by atoms with Gasteiger partial charge in [0.15, 0.2) is 0 Å². The number of nitrogens with two attached hydrogens (primary N) is 1. The van der Waals surface area contributed by atoms with Crippen molar-refractivity contribution in [3.63, 3.8) is 0 Å². The van der Waals surface area contributed by atoms with Gasteiger partial charge in [0.25, 0.3) is 0 Å². The number of fused-ring (bicyclic) bond motifs is 1. The Bertz CT molecular complexity index is 511. The number of hydrogen-bond acceptors (Lipinski definition) is 3. The second kappa shape index (κ2) is 6.76. The Morgan fingerprint density at radius 2 is 2.06 bits per heavy atom. The molecule has 3 heteroatoms. The van der Waals surface area contributed by atoms with Gasteiger partial charge in [0, 0.05) is 11.9 Å². The van der Waals surface area contributed by atoms with Crippen LogP contribution in [0.15, 0.2) is 35.4 Å². The molecule has 0 unspecified atom stereocenters. The lowest BCUT2D eigenvalue weighted by atomic mass is 10.1. The summed E-state index contributed by atoms with van der Waals surface area (Å²) in [5, 5.41) is 2.28. The van der Waals surface area contributed by atoms with Gasteiger partial charge in [-0.05, 0) is 29.9 Å². The normalized spacial score (nSPS) is 11.0. The summed E-state index contributed by atoms with van der Waals surface area (Å²) in [6, 6.07) is 10.4. The van der Waals surface area contributed by atoms with E-state index >= 15 is 0 Å². The Morgan fingerprint density at radius 1 is 1.22 bits per heavy atom. The predicted octanol–water partition coefficient (Wildman–Crippen LogP) is 3.98. The van der Waals surface area contributed by atoms with E-state index in [4.69, 9.17) is 5.73 Å². The molecule has 0 fully saturated rings. The first kappa shape index (κ1) is 13.4. The molecule has 0 aliphatic carbocycles. The van der Waals surface area contributed by atoms with Gasteiger partial charge in [-0.2, -0.15) is 0 Å². The van der Waals surface area contributed by atoms with Crippen molar-refractivity contribution in [2.24, 2.45) is 5.73 Å². The van der Waals surface area contributed by atoms with Crippen LogP contribution < -0.4 is 5.73 Å². The van der Waals surface area contributed by atoms with Gasteiger partial charge in [0.2, 0.25) is 0 Å². The summed E-state index contributed by atoms with van der Waals surface area (Å²) in [4.78, 5) is 4.69. The van der Waals surface area contributed by atoms with E-state index in [1.165, 1.54) is 30.2 Å². The first-order chi connectivity index (χ1) is 8.85. The number of thioether (sulfide) groups is 1. The molecule has 0 aliphatic rings. The summed E-state index contributed by atoms with van der Waals surface area (Å²) in [5.41, 5.74) is 8.07. The minimum Gasteiger partial charge on any atom is -0.326 e. The van der Waals surface area contributed by atoms with Gasteiger partial charge in [0.05, 0.1) is 10.5 Å². The number of para-hydroxylation sites is 1. The van der Waals surface area contributed by atoms with Crippen LogP contribution in [0.2, 0.25) is 0 Å². The molecule has 2 nitrogen and oxygen atoms in total. The Hall–Kier alpha value is -1.06. The first-order valence-corrected chi connectivity index (χ1v) is 7.55. The fourth-order valence-corrected chi connectivity index (χ4v) is 2.94. The quantitative estimate of drug-likeness (QED) is 0.631. The molecule has 0 aliphatic heterocycles. The minimum atomic E-state index is 0.575. The number of pyridine rings is 1. The van der Waals surface area contributed by atoms with Crippen LogP contribution in [0.25, 0.3) is 10.9 Å². The van der Waals surface area contributed by atoms with E-state index in [2.05, 4.69) is 30.1 Å². The average Bonchev–Trinajstić information content (AvgIpc) is 2.42. The molecular weight excluding hydrogens is 240 g/mol. The molecule has 96 valence electrons. The Morgan fingerprint density at radius 3 is 2.83 bits per heavy atom. The summed E-state index contributed by atoms with van der Waals surface area (Å²) >= 11 is 1.84. The maximum absolute atomic E-state index is 5.82. The minimum absolute atomic E-state index is 0.575. The van der Waals surface area contributed by atoms with Crippen LogP contribution in [0.4, 0.5) is 0 Å². The van der Waals surface area contributed by atoms with Crippen molar-refractivity contribution in [2.45, 2.75) is 37.8 Å². The third-order valence-corrected chi connectivity index (χ3v) is 3.99. The summed E-state index contributed by atoms with van der Waals surface area (Å²) < 4.78 is 0. The summed E-state index contributed by atoms with van der Waals surface area (Å²) in [6.07, 6.45) is 3.82. The average molecular weight is 260 g/mol. The highest BCUT2D eigenvalue weighted by atomic mass is 32.2. The Balaban J connectivity index is 2.18. The fraction of sp³-hybridized carbons (Fsp3) is 0.400. The third-order valence-electron chi connectivity index (χ3n) is 3.00. The highest BCUT2D eigenvalue weighted by Crippen LogP contribution is 2.24. The van der Waals surface area contributed by atoms with Crippen molar-refractivity contribution in [1.29, 1.82) is 0 Å². The van der Waals surface area contributed by atoms with Crippen molar-refractivity contribution < 1.29 is 0 Å². The standard InChI is InChI=1S/C15H20N2S/c1-2-3-6-9-18-15-10-12(11-16)13-7-4-5-8-14(13)17-15/h4-5,7-8,10H,2-3,6,9,11,16H2,1H3. The molecule has 1 aromatic heterocycles. The molecule has 2 N–H and O–H groups in total. The number of aromatic nitrogens is 1. The van der Waals surface area contributed by atoms with E-state index < -0.39 is 0 Å². The molecule has 0 spiro atoms. The lowest BCUT2D eigenvalue weighted by Gasteiger charge is -2.07. The highest BCUT2D eigenvalue weighted by molar-refractivity contribution is 7.99. The van der Waals surface area contributed by atoms with Crippen LogP contribution in [-0.2, 0) is 6.54 Å². The van der Waals surface area contributed by atoms with Crippen LogP contribution >= 0.6 is 11.8 Å². The Kier molecular flexibility index (Phi) is 5.02. The lowest BCUT2D eigenvalue weighted by Crippen LogP contribution is -1.99. The van der Waals surface area contributed by atoms with Gasteiger partial charge in [-0.15, -0.1) is 11.8 Å². The predicted molar refractivity (Wildman–Crippen MR) is 79.9 cm³/mol. The van der Waals surface area contributed by atoms with Gasteiger partial charge in [-0.3, -0.25) is 0 Å². The molecule has 0 radical (unpaired) electrons. The molecular formula is C15H20N2S. The highest BCUT2D eigenvalue weighted by Gasteiger charge is 2.04. The number of benzene rings is 1. The zero-order valence-electron chi connectivity index (χ0n) is 10.9. The zero-order chi connectivity index (χ0) is 12.8. The molecule has 18 heavy (non-hydrogen) atoms. The molecule has 1 heterocycles. The van der Waals surface area contributed by atoms with E-state index in [0.29, 0.717) is 6.54 Å². The molecule has 0 saturated carbocycles. The van der Waals surface area contributed by atoms with Gasteiger partial charge in [0.1, 0.15) is 0 Å². The molecule has 0 atom stereocenters. The number of nitrogens with zero attached hydrogens (tertiary/aromatic N) is 1. The van der Waals surface area contributed by atoms with Crippen LogP contribution in [0.5, 0.6) is 0 Å². The SMILES string of the molecule is CCCCCSc1cc(CN)c2ccccc2n1. The largest absolute Gasteiger partial charge is 0.326 e. The molecule has 2 aromatic rings. The maximum atomic E-state index is 5.82. The smallest absolute Gasteiger partial charge is 0.0970 e. The van der Waals surface area contributed by atoms with Gasteiger partial charge in [-0.1, -0.05) is 38.0 Å². The summed E-state index contributed by atoms with van der Waals surface area (Å²) in [6.45, 7) is 2.80. The topological polar surface area (TPSA) is 38.9 Å². The van der Waals surface area contributed by atoms with E-state index in [0.717, 1.165) is 16.3 Å². The van der Waals surface area contributed by atoms with E-state index in [-0.39, 0.29) is 0 Å². The molecule has 1 aromatic carbocycles. The van der Waals surface area contributed by atoms with Gasteiger partial charge in [-0.25, -0.2) is 4.98 Å². The van der Waals surface area contributed by atoms with E-state index in [1.807, 2.05) is 23.9 Å². The van der Waals surface area contributed by atoms with Gasteiger partial charge >= 0.3 is 0 Å². The van der Waals surface area contributed by atoms with E-state index in [1.54, 1.807) is 0 Å². The fourth-order valence-electron chi connectivity index (χ4n) is 1.99. The zero-order valence-corrected chi connectivity index (χ0v) is 11.7. The maximum Gasteiger partial charge on any atom is 0.0970 e. The lowest BCUT2D eigenvalue weighted by molar-refractivity contribution is 0.778. The van der Waals surface area contributed by atoms with E-state index in [9.17, 15) is 0 Å². The third kappa shape index (κ3) is 3.24. The van der Waals surface area contributed by atoms with Crippen molar-refractivity contribution in [2.75, 3.05) is 5.75 Å². The molecule has 0 bridgehead atoms. The van der Waals surface area contributed by atoms with Gasteiger partial charge < -0.3 is 5.73 Å². The molecule has 0 saturated heterocycles. The monoisotopic (exact) mass is 260 g/mol. The molecule has 0 amide bonds. The first-order valence-electron chi connectivity index (χ1n) is 6.56. The number of hydrogen-bond donors (Lipinski definition) is 1. The molecule has 2 rings (SSSR count). The van der Waals surface area contributed by atoms with Crippen molar-refractivity contribution >= 4 is 22.7 Å². The van der Waals surface area contributed by atoms with Crippen LogP contribution in [-0.4, -0.2) is 10.7 Å². The van der Waals surface area contributed by atoms with Crippen molar-refractivity contribution in [1.82, 2.24) is 4.98 Å². The van der Waals surface area contributed by atoms with Crippen LogP contribution in [0.1, 0.15) is 31.7 Å². The second-order valence-electron chi connectivity index (χ2n) is 4.40. The summed E-state index contributed by atoms with van der Waals surface area (Å²) in [7, 11) is 0. The second-order valence-corrected chi connectivity index (χ2v) is 5.51. The Labute approximate surface area is 113 Å². The number of rotatable bonds is 6. The van der Waals surface area contributed by atoms with Crippen molar-refractivity contribution in [3.8, 4) is 0 Å².